The summed E-state index contributed by atoms with van der Waals surface area (Å²) in [6, 6.07) is 4.60. The number of epoxide rings is 1. The lowest BCUT2D eigenvalue weighted by atomic mass is 9.83. The van der Waals surface area contributed by atoms with Crippen molar-refractivity contribution in [1.82, 2.24) is 21.3 Å². The molecule has 11 atom stereocenters. The topological polar surface area (TPSA) is 317 Å². The first-order chi connectivity index (χ1) is 39.2. The normalized spacial score (nSPS) is 25.0. The first kappa shape index (κ1) is 67.2. The molecule has 4 bridgehead atoms. The first-order valence-corrected chi connectivity index (χ1v) is 28.9. The number of esters is 1. The van der Waals surface area contributed by atoms with E-state index in [4.69, 9.17) is 45.8 Å². The number of fused-ring (bicyclic) bond motifs is 5. The predicted molar refractivity (Wildman–Crippen MR) is 315 cm³/mol. The van der Waals surface area contributed by atoms with Crippen molar-refractivity contribution < 1.29 is 71.9 Å². The minimum Gasteiger partial charge on any atom is -0.495 e. The van der Waals surface area contributed by atoms with Crippen LogP contribution in [0.5, 0.6) is 5.75 Å². The number of aryl methyl sites for hydroxylation is 1. The number of allylic oxidation sites excluding steroid dienone is 3. The number of primary amides is 1. The number of urea groups is 1. The minimum atomic E-state index is -1.90. The number of alkyl halides is 1. The van der Waals surface area contributed by atoms with Crippen molar-refractivity contribution in [1.29, 1.82) is 0 Å². The zero-order chi connectivity index (χ0) is 61.5. The van der Waals surface area contributed by atoms with E-state index in [1.54, 1.807) is 78.9 Å². The van der Waals surface area contributed by atoms with Gasteiger partial charge in [0.15, 0.2) is 5.72 Å². The van der Waals surface area contributed by atoms with Crippen molar-refractivity contribution in [3.63, 3.8) is 0 Å². The van der Waals surface area contributed by atoms with Crippen LogP contribution in [-0.4, -0.2) is 146 Å². The van der Waals surface area contributed by atoms with Crippen molar-refractivity contribution in [2.45, 2.75) is 160 Å². The molecule has 3 aliphatic heterocycles. The van der Waals surface area contributed by atoms with Crippen molar-refractivity contribution >= 4 is 92.8 Å². The van der Waals surface area contributed by atoms with Crippen molar-refractivity contribution in [3.8, 4) is 5.75 Å². The maximum Gasteiger partial charge on any atom is 0.412 e. The Morgan fingerprint density at radius 2 is 1.77 bits per heavy atom. The van der Waals surface area contributed by atoms with Gasteiger partial charge in [0.05, 0.1) is 43.5 Å². The molecule has 83 heavy (non-hydrogen) atoms. The van der Waals surface area contributed by atoms with Gasteiger partial charge in [0.2, 0.25) is 17.7 Å². The Kier molecular flexibility index (Phi) is 24.5. The van der Waals surface area contributed by atoms with Gasteiger partial charge in [-0.15, -0.1) is 0 Å². The number of rotatable bonds is 23. The van der Waals surface area contributed by atoms with Crippen LogP contribution < -0.4 is 47.3 Å². The average Bonchev–Trinajstić information content (AvgIpc) is 1.81. The fraction of sp³-hybridized carbons (Fsp3) is 0.552. The molecular weight excluding hydrogens is 1160 g/mol. The Morgan fingerprint density at radius 3 is 2.41 bits per heavy atom. The van der Waals surface area contributed by atoms with E-state index >= 15 is 0 Å². The first-order valence-electron chi connectivity index (χ1n) is 27.4. The smallest absolute Gasteiger partial charge is 0.412 e. The number of amides is 7. The molecular formula is C58H80BrClN8O15. The van der Waals surface area contributed by atoms with Crippen LogP contribution in [0.4, 0.5) is 31.4 Å². The van der Waals surface area contributed by atoms with Gasteiger partial charge in [0, 0.05) is 55.3 Å². The van der Waals surface area contributed by atoms with Crippen molar-refractivity contribution in [2.75, 3.05) is 48.7 Å². The molecule has 2 aromatic rings. The molecule has 0 spiro atoms. The van der Waals surface area contributed by atoms with Crippen LogP contribution in [-0.2, 0) is 54.1 Å². The molecule has 5 rings (SSSR count). The van der Waals surface area contributed by atoms with E-state index in [2.05, 4.69) is 54.4 Å². The zero-order valence-electron chi connectivity index (χ0n) is 48.7. The number of carbonyl (C=O) groups excluding carboxylic acids is 8. The Morgan fingerprint density at radius 1 is 1.05 bits per heavy atom. The van der Waals surface area contributed by atoms with E-state index in [1.165, 1.54) is 31.3 Å². The Bertz CT molecular complexity index is 2780. The second kappa shape index (κ2) is 30.3. The number of nitrogens with zero attached hydrogens (tertiary/aromatic N) is 1. The number of carbonyl (C=O) groups is 8. The Labute approximate surface area is 498 Å². The molecule has 23 nitrogen and oxygen atoms in total. The SMILES string of the molecule is C=C(CBr)C(=O)OC(C)CCCC(C=O)N[C@H](C(=O)N[C@@H](CCCNC(N)=O)C(=O)Nc1ccc(NC(=O)O[C@H]2CC(=O)N(C)c3cc(cc(OC)c3Cl)C/C(C)=C/C=C/[C@@H](OC)[C@@]3(O)C[C@H](OC(=O)N3)[C@@H](C)[C@@H]3O[C@@]23C)cc1C)C(C)C. The number of benzene rings is 2. The number of hydrogen-bond acceptors (Lipinski definition) is 16. The number of aliphatic hydroxyl groups is 1. The summed E-state index contributed by atoms with van der Waals surface area (Å²) < 4.78 is 34.8. The minimum absolute atomic E-state index is 0.0756. The van der Waals surface area contributed by atoms with Crippen molar-refractivity contribution in [2.24, 2.45) is 17.6 Å². The molecule has 0 aliphatic carbocycles. The van der Waals surface area contributed by atoms with E-state index in [0.29, 0.717) is 54.7 Å². The third kappa shape index (κ3) is 18.5. The van der Waals surface area contributed by atoms with Crippen LogP contribution in [0.25, 0.3) is 0 Å². The van der Waals surface area contributed by atoms with Gasteiger partial charge >= 0.3 is 24.2 Å². The summed E-state index contributed by atoms with van der Waals surface area (Å²) in [5.41, 5.74) is 5.36. The molecule has 456 valence electrons. The van der Waals surface area contributed by atoms with Gasteiger partial charge in [-0.25, -0.2) is 19.2 Å². The summed E-state index contributed by atoms with van der Waals surface area (Å²) >= 11 is 10.0. The second-order valence-electron chi connectivity index (χ2n) is 21.8. The van der Waals surface area contributed by atoms with E-state index < -0.39 is 114 Å². The standard InChI is InChI=1S/C58H80BrClN8O15/c1-31(2)49(63-39(30-69)17-13-16-35(6)80-53(73)34(5)29-59)52(72)66-41(18-14-22-62-54(61)74)51(71)65-40-21-20-38(24-33(40)4)64-55(75)82-46-27-47(70)68(9)42-25-37(26-43(78-10)48(42)60)23-32(3)15-12-19-45(79-11)58(77)28-44(81-56(76)67-58)36(7)50-57(46,8)83-50/h12,15,19-21,24-26,30-31,35-36,39,41,44-46,49-50,63,77H,5,13-14,16-18,22-23,27-29H2,1-4,6-11H3,(H,64,75)(H,65,71)(H,66,72)(H,67,76)(H3,61,62,74)/b19-12+,32-15+/t35?,36-,39?,41+,44+,45-,46+,49+,50+,57+,58+/m1/s1. The monoisotopic (exact) mass is 1240 g/mol. The number of aldehydes is 1. The molecule has 0 aromatic heterocycles. The molecule has 3 heterocycles. The van der Waals surface area contributed by atoms with E-state index in [9.17, 15) is 43.5 Å². The molecule has 0 saturated carbocycles. The number of hydrogen-bond donors (Lipinski definition) is 8. The van der Waals surface area contributed by atoms with Gasteiger partial charge in [-0.05, 0) is 114 Å². The highest BCUT2D eigenvalue weighted by atomic mass is 79.9. The van der Waals surface area contributed by atoms with Gasteiger partial charge in [-0.1, -0.05) is 78.7 Å². The Balaban J connectivity index is 1.34. The van der Waals surface area contributed by atoms with Crippen LogP contribution in [0.15, 0.2) is 66.3 Å². The zero-order valence-corrected chi connectivity index (χ0v) is 51.0. The van der Waals surface area contributed by atoms with Crippen LogP contribution >= 0.6 is 27.5 Å². The number of nitrogens with one attached hydrogen (secondary N) is 6. The molecule has 25 heteroatoms. The maximum atomic E-state index is 14.4. The molecule has 2 aromatic carbocycles. The number of ether oxygens (including phenoxy) is 6. The lowest BCUT2D eigenvalue weighted by Crippen LogP contribution is -2.63. The summed E-state index contributed by atoms with van der Waals surface area (Å²) in [5, 5.41) is 28.8. The van der Waals surface area contributed by atoms with Crippen LogP contribution in [0, 0.1) is 18.8 Å². The second-order valence-corrected chi connectivity index (χ2v) is 22.8. The summed E-state index contributed by atoms with van der Waals surface area (Å²) in [5.74, 6) is -2.80. The third-order valence-electron chi connectivity index (χ3n) is 14.9. The number of anilines is 3. The van der Waals surface area contributed by atoms with Crippen LogP contribution in [0.3, 0.4) is 0 Å². The highest BCUT2D eigenvalue weighted by molar-refractivity contribution is 9.09. The average molecular weight is 1240 g/mol. The number of methoxy groups -OCH3 is 2. The van der Waals surface area contributed by atoms with E-state index in [1.807, 2.05) is 13.0 Å². The highest BCUT2D eigenvalue weighted by Crippen LogP contribution is 2.49. The molecule has 9 N–H and O–H groups in total. The maximum absolute atomic E-state index is 14.4. The highest BCUT2D eigenvalue weighted by Gasteiger charge is 2.64. The predicted octanol–water partition coefficient (Wildman–Crippen LogP) is 6.79. The fourth-order valence-electron chi connectivity index (χ4n) is 10.0. The number of alkyl carbamates (subject to hydrolysis) is 1. The number of nitrogens with two attached hydrogens (primary N) is 1. The lowest BCUT2D eigenvalue weighted by Gasteiger charge is -2.42. The quantitative estimate of drug-likeness (QED) is 0.0108. The van der Waals surface area contributed by atoms with Gasteiger partial charge < -0.3 is 64.9 Å². The molecule has 7 amide bonds. The Hall–Kier alpha value is -6.57. The molecule has 2 saturated heterocycles. The van der Waals surface area contributed by atoms with Crippen LogP contribution in [0.1, 0.15) is 97.6 Å². The van der Waals surface area contributed by atoms with E-state index in [-0.39, 0.29) is 53.3 Å². The van der Waals surface area contributed by atoms with Gasteiger partial charge in [-0.2, -0.15) is 0 Å². The molecule has 2 fully saturated rings. The molecule has 3 aliphatic rings. The summed E-state index contributed by atoms with van der Waals surface area (Å²) in [4.78, 5) is 107. The molecule has 2 unspecified atom stereocenters. The summed E-state index contributed by atoms with van der Waals surface area (Å²) in [7, 11) is 4.41. The fourth-order valence-corrected chi connectivity index (χ4v) is 10.6. The van der Waals surface area contributed by atoms with Gasteiger partial charge in [0.25, 0.3) is 0 Å². The van der Waals surface area contributed by atoms with Crippen LogP contribution in [0.2, 0.25) is 5.02 Å². The van der Waals surface area contributed by atoms with Crippen molar-refractivity contribution in [3.05, 3.63) is 82.4 Å². The molecule has 0 radical (unpaired) electrons. The third-order valence-corrected chi connectivity index (χ3v) is 16.0. The summed E-state index contributed by atoms with van der Waals surface area (Å²) in [6.45, 7) is 16.1. The summed E-state index contributed by atoms with van der Waals surface area (Å²) in [6.07, 6.45) is 1.13. The largest absolute Gasteiger partial charge is 0.495 e. The lowest BCUT2D eigenvalue weighted by molar-refractivity contribution is -0.144. The number of halogens is 2. The van der Waals surface area contributed by atoms with Gasteiger partial charge in [-0.3, -0.25) is 30.3 Å². The van der Waals surface area contributed by atoms with E-state index in [0.717, 1.165) is 11.1 Å². The van der Waals surface area contributed by atoms with Gasteiger partial charge in [0.1, 0.15) is 47.0 Å².